The molecule has 6 heteroatoms. The van der Waals surface area contributed by atoms with Crippen LogP contribution in [0.4, 0.5) is 10.2 Å². The highest BCUT2D eigenvalue weighted by Gasteiger charge is 2.03. The van der Waals surface area contributed by atoms with Crippen LogP contribution in [0.2, 0.25) is 5.02 Å². The number of aromatic nitrogens is 1. The van der Waals surface area contributed by atoms with Crippen molar-refractivity contribution in [3.05, 3.63) is 23.1 Å². The summed E-state index contributed by atoms with van der Waals surface area (Å²) in [5.41, 5.74) is 0. The lowest BCUT2D eigenvalue weighted by Crippen LogP contribution is -2.20. The Hall–Kier alpha value is -0.910. The van der Waals surface area contributed by atoms with Crippen molar-refractivity contribution in [3.63, 3.8) is 0 Å². The summed E-state index contributed by atoms with van der Waals surface area (Å²) in [6.07, 6.45) is 1.40. The Morgan fingerprint density at radius 1 is 1.47 bits per heavy atom. The number of nitrogens with zero attached hydrogens (tertiary/aromatic N) is 2. The summed E-state index contributed by atoms with van der Waals surface area (Å²) in [5.74, 6) is -0.253. The minimum Gasteiger partial charge on any atom is -0.378 e. The summed E-state index contributed by atoms with van der Waals surface area (Å²) in [6, 6.07) is 1.23. The fraction of sp³-hybridized carbons (Fsp3) is 0.545. The average Bonchev–Trinajstić information content (AvgIpc) is 2.25. The van der Waals surface area contributed by atoms with Gasteiger partial charge in [0.25, 0.3) is 0 Å². The predicted octanol–water partition coefficient (Wildman–Crippen LogP) is 1.86. The normalized spacial score (nSPS) is 10.9. The van der Waals surface area contributed by atoms with Crippen LogP contribution in [0.1, 0.15) is 0 Å². The van der Waals surface area contributed by atoms with Crippen LogP contribution in [0.3, 0.4) is 0 Å². The minimum atomic E-state index is -0.453. The SMILES string of the molecule is CN(C)CCOCCNc1ncc(Cl)cc1F. The standard InChI is InChI=1S/C11H17ClFN3O/c1-16(2)4-6-17-5-3-14-11-10(13)7-9(12)8-15-11/h7-8H,3-6H2,1-2H3,(H,14,15). The lowest BCUT2D eigenvalue weighted by molar-refractivity contribution is 0.126. The van der Waals surface area contributed by atoms with Crippen molar-refractivity contribution >= 4 is 17.4 Å². The van der Waals surface area contributed by atoms with Gasteiger partial charge in [0.15, 0.2) is 11.6 Å². The fourth-order valence-corrected chi connectivity index (χ4v) is 1.28. The second kappa shape index (κ2) is 7.42. The third kappa shape index (κ3) is 5.81. The lowest BCUT2D eigenvalue weighted by Gasteiger charge is -2.10. The number of pyridine rings is 1. The molecule has 0 aliphatic carbocycles. The Morgan fingerprint density at radius 3 is 2.88 bits per heavy atom. The van der Waals surface area contributed by atoms with Gasteiger partial charge in [0.05, 0.1) is 18.2 Å². The maximum absolute atomic E-state index is 13.3. The van der Waals surface area contributed by atoms with Crippen molar-refractivity contribution in [2.45, 2.75) is 0 Å². The molecule has 0 atom stereocenters. The Morgan fingerprint density at radius 2 is 2.24 bits per heavy atom. The van der Waals surface area contributed by atoms with Gasteiger partial charge in [-0.1, -0.05) is 11.6 Å². The van der Waals surface area contributed by atoms with Crippen LogP contribution in [0.15, 0.2) is 12.3 Å². The molecule has 1 N–H and O–H groups in total. The van der Waals surface area contributed by atoms with Crippen molar-refractivity contribution in [1.82, 2.24) is 9.88 Å². The summed E-state index contributed by atoms with van der Waals surface area (Å²) in [5, 5.41) is 3.13. The Bertz CT molecular complexity index is 349. The van der Waals surface area contributed by atoms with Crippen LogP contribution in [0, 0.1) is 5.82 Å². The Kier molecular flexibility index (Phi) is 6.18. The molecule has 0 amide bonds. The first-order valence-corrected chi connectivity index (χ1v) is 5.75. The van der Waals surface area contributed by atoms with Crippen LogP contribution >= 0.6 is 11.6 Å². The number of nitrogens with one attached hydrogen (secondary N) is 1. The Balaban J connectivity index is 2.18. The molecule has 0 saturated carbocycles. The fourth-order valence-electron chi connectivity index (χ4n) is 1.14. The van der Waals surface area contributed by atoms with Crippen LogP contribution in [-0.4, -0.2) is 50.3 Å². The van der Waals surface area contributed by atoms with E-state index in [-0.39, 0.29) is 10.8 Å². The van der Waals surface area contributed by atoms with Gasteiger partial charge in [-0.25, -0.2) is 9.37 Å². The molecule has 0 spiro atoms. The van der Waals surface area contributed by atoms with Gasteiger partial charge in [-0.05, 0) is 20.2 Å². The van der Waals surface area contributed by atoms with Crippen molar-refractivity contribution in [1.29, 1.82) is 0 Å². The van der Waals surface area contributed by atoms with Crippen molar-refractivity contribution < 1.29 is 9.13 Å². The summed E-state index contributed by atoms with van der Waals surface area (Å²) >= 11 is 5.59. The summed E-state index contributed by atoms with van der Waals surface area (Å²) in [6.45, 7) is 2.55. The second-order valence-corrected chi connectivity index (χ2v) is 4.26. The third-order valence-corrected chi connectivity index (χ3v) is 2.24. The van der Waals surface area contributed by atoms with Gasteiger partial charge in [0.1, 0.15) is 0 Å². The maximum Gasteiger partial charge on any atom is 0.166 e. The highest BCUT2D eigenvalue weighted by molar-refractivity contribution is 6.30. The highest BCUT2D eigenvalue weighted by Crippen LogP contribution is 2.14. The molecule has 0 bridgehead atoms. The van der Waals surface area contributed by atoms with E-state index >= 15 is 0 Å². The third-order valence-electron chi connectivity index (χ3n) is 2.03. The number of rotatable bonds is 7. The van der Waals surface area contributed by atoms with E-state index in [4.69, 9.17) is 16.3 Å². The highest BCUT2D eigenvalue weighted by atomic mass is 35.5. The van der Waals surface area contributed by atoms with E-state index in [1.165, 1.54) is 12.3 Å². The van der Waals surface area contributed by atoms with Crippen molar-refractivity contribution in [2.75, 3.05) is 45.7 Å². The number of anilines is 1. The second-order valence-electron chi connectivity index (χ2n) is 3.83. The molecular weight excluding hydrogens is 245 g/mol. The van der Waals surface area contributed by atoms with Gasteiger partial charge < -0.3 is 15.0 Å². The molecule has 1 aromatic heterocycles. The number of ether oxygens (including phenoxy) is 1. The molecule has 96 valence electrons. The monoisotopic (exact) mass is 261 g/mol. The van der Waals surface area contributed by atoms with Gasteiger partial charge in [-0.2, -0.15) is 0 Å². The van der Waals surface area contributed by atoms with Gasteiger partial charge in [-0.3, -0.25) is 0 Å². The first-order chi connectivity index (χ1) is 8.09. The van der Waals surface area contributed by atoms with E-state index in [1.54, 1.807) is 0 Å². The smallest absolute Gasteiger partial charge is 0.166 e. The molecule has 0 fully saturated rings. The van der Waals surface area contributed by atoms with Crippen molar-refractivity contribution in [3.8, 4) is 0 Å². The van der Waals surface area contributed by atoms with E-state index < -0.39 is 5.82 Å². The van der Waals surface area contributed by atoms with Crippen LogP contribution in [0.5, 0.6) is 0 Å². The van der Waals surface area contributed by atoms with Crippen molar-refractivity contribution in [2.24, 2.45) is 0 Å². The molecule has 0 saturated heterocycles. The van der Waals surface area contributed by atoms with Gasteiger partial charge in [0.2, 0.25) is 0 Å². The summed E-state index contributed by atoms with van der Waals surface area (Å²) in [7, 11) is 3.96. The molecule has 4 nitrogen and oxygen atoms in total. The summed E-state index contributed by atoms with van der Waals surface area (Å²) in [4.78, 5) is 5.88. The Labute approximate surface area is 106 Å². The topological polar surface area (TPSA) is 37.4 Å². The number of hydrogen-bond donors (Lipinski definition) is 1. The lowest BCUT2D eigenvalue weighted by atomic mass is 10.4. The van der Waals surface area contributed by atoms with E-state index in [2.05, 4.69) is 10.3 Å². The minimum absolute atomic E-state index is 0.200. The molecule has 0 aliphatic heterocycles. The molecular formula is C11H17ClFN3O. The van der Waals surface area contributed by atoms with Gasteiger partial charge >= 0.3 is 0 Å². The number of likely N-dealkylation sites (N-methyl/N-ethyl adjacent to an activating group) is 1. The van der Waals surface area contributed by atoms with Crippen LogP contribution < -0.4 is 5.32 Å². The summed E-state index contributed by atoms with van der Waals surface area (Å²) < 4.78 is 18.6. The largest absolute Gasteiger partial charge is 0.378 e. The van der Waals surface area contributed by atoms with E-state index in [1.807, 2.05) is 19.0 Å². The van der Waals surface area contributed by atoms with Crippen LogP contribution in [-0.2, 0) is 4.74 Å². The molecule has 0 radical (unpaired) electrons. The number of halogens is 2. The molecule has 0 unspecified atom stereocenters. The number of hydrogen-bond acceptors (Lipinski definition) is 4. The molecule has 1 rings (SSSR count). The van der Waals surface area contributed by atoms with Gasteiger partial charge in [-0.15, -0.1) is 0 Å². The predicted molar refractivity (Wildman–Crippen MR) is 67.1 cm³/mol. The van der Waals surface area contributed by atoms with Crippen LogP contribution in [0.25, 0.3) is 0 Å². The first-order valence-electron chi connectivity index (χ1n) is 5.37. The molecule has 17 heavy (non-hydrogen) atoms. The molecule has 0 aromatic carbocycles. The van der Waals surface area contributed by atoms with E-state index in [9.17, 15) is 4.39 Å². The zero-order valence-electron chi connectivity index (χ0n) is 10.0. The quantitative estimate of drug-likeness (QED) is 0.761. The van der Waals surface area contributed by atoms with Gasteiger partial charge in [0, 0.05) is 19.3 Å². The maximum atomic E-state index is 13.3. The average molecular weight is 262 g/mol. The first kappa shape index (κ1) is 14.2. The zero-order chi connectivity index (χ0) is 12.7. The zero-order valence-corrected chi connectivity index (χ0v) is 10.8. The van der Waals surface area contributed by atoms with E-state index in [0.717, 1.165) is 6.54 Å². The molecule has 1 aromatic rings. The molecule has 0 aliphatic rings. The molecule has 1 heterocycles. The van der Waals surface area contributed by atoms with E-state index in [0.29, 0.717) is 19.8 Å².